The van der Waals surface area contributed by atoms with Crippen molar-refractivity contribution in [3.05, 3.63) is 23.8 Å². The molecule has 0 radical (unpaired) electrons. The highest BCUT2D eigenvalue weighted by molar-refractivity contribution is 5.84. The first-order valence-electron chi connectivity index (χ1n) is 7.31. The van der Waals surface area contributed by atoms with Crippen LogP contribution >= 0.6 is 0 Å². The Bertz CT molecular complexity index is 528. The maximum Gasteiger partial charge on any atom is 0.160 e. The number of carbonyl (C=O) groups excluding carboxylic acids is 1. The molecule has 1 N–H and O–H groups in total. The lowest BCUT2D eigenvalue weighted by Gasteiger charge is -2.50. The molecule has 0 amide bonds. The van der Waals surface area contributed by atoms with Gasteiger partial charge in [-0.25, -0.2) is 0 Å². The fraction of sp³-hybridized carbons (Fsp3) is 0.562. The molecule has 2 heterocycles. The number of hydrogen-bond donors (Lipinski definition) is 1. The SMILES string of the molecule is CCN1C2CCC(C(=O)C2)C1c1ccc(OC)c(O)c1. The summed E-state index contributed by atoms with van der Waals surface area (Å²) in [6, 6.07) is 5.98. The molecule has 3 fully saturated rings. The van der Waals surface area contributed by atoms with Gasteiger partial charge in [0.25, 0.3) is 0 Å². The molecule has 0 spiro atoms. The Morgan fingerprint density at radius 3 is 2.80 bits per heavy atom. The second-order valence-corrected chi connectivity index (χ2v) is 5.71. The predicted molar refractivity (Wildman–Crippen MR) is 75.9 cm³/mol. The molecule has 4 rings (SSSR count). The molecule has 1 aliphatic carbocycles. The van der Waals surface area contributed by atoms with Gasteiger partial charge in [0.15, 0.2) is 11.5 Å². The Balaban J connectivity index is 1.98. The predicted octanol–water partition coefficient (Wildman–Crippen LogP) is 2.52. The fourth-order valence-electron chi connectivity index (χ4n) is 3.86. The molecule has 0 aromatic heterocycles. The summed E-state index contributed by atoms with van der Waals surface area (Å²) in [4.78, 5) is 14.6. The minimum absolute atomic E-state index is 0.0766. The smallest absolute Gasteiger partial charge is 0.160 e. The number of ketones is 1. The first-order valence-corrected chi connectivity index (χ1v) is 7.31. The normalized spacial score (nSPS) is 29.7. The molecular formula is C16H21NO3. The Morgan fingerprint density at radius 1 is 1.40 bits per heavy atom. The van der Waals surface area contributed by atoms with E-state index in [0.29, 0.717) is 24.0 Å². The van der Waals surface area contributed by atoms with Crippen molar-refractivity contribution in [2.24, 2.45) is 5.92 Å². The minimum atomic E-state index is 0.0766. The van der Waals surface area contributed by atoms with Gasteiger partial charge in [-0.1, -0.05) is 13.0 Å². The lowest BCUT2D eigenvalue weighted by Crippen LogP contribution is -2.53. The number of phenolic OH excluding ortho intramolecular Hbond substituents is 1. The van der Waals surface area contributed by atoms with Crippen LogP contribution in [0.2, 0.25) is 0 Å². The van der Waals surface area contributed by atoms with Crippen molar-refractivity contribution in [3.8, 4) is 11.5 Å². The third kappa shape index (κ3) is 1.99. The topological polar surface area (TPSA) is 49.8 Å². The number of hydrogen-bond acceptors (Lipinski definition) is 4. The van der Waals surface area contributed by atoms with E-state index < -0.39 is 0 Å². The molecule has 2 aliphatic heterocycles. The maximum atomic E-state index is 12.2. The van der Waals surface area contributed by atoms with Crippen molar-refractivity contribution in [2.75, 3.05) is 13.7 Å². The van der Waals surface area contributed by atoms with Gasteiger partial charge in [0, 0.05) is 24.4 Å². The van der Waals surface area contributed by atoms with Crippen molar-refractivity contribution >= 4 is 5.78 Å². The third-order valence-electron chi connectivity index (χ3n) is 4.78. The monoisotopic (exact) mass is 275 g/mol. The zero-order chi connectivity index (χ0) is 14.3. The molecule has 4 heteroatoms. The summed E-state index contributed by atoms with van der Waals surface area (Å²) in [6.45, 7) is 3.08. The van der Waals surface area contributed by atoms with Gasteiger partial charge in [-0.2, -0.15) is 0 Å². The first kappa shape index (κ1) is 13.4. The van der Waals surface area contributed by atoms with E-state index in [1.807, 2.05) is 6.07 Å². The van der Waals surface area contributed by atoms with Crippen LogP contribution in [0.15, 0.2) is 18.2 Å². The van der Waals surface area contributed by atoms with Gasteiger partial charge >= 0.3 is 0 Å². The summed E-state index contributed by atoms with van der Waals surface area (Å²) in [5, 5.41) is 9.99. The van der Waals surface area contributed by atoms with Crippen molar-refractivity contribution in [1.82, 2.24) is 4.90 Å². The summed E-state index contributed by atoms with van der Waals surface area (Å²) in [5.74, 6) is 1.08. The number of carbonyl (C=O) groups is 1. The fourth-order valence-corrected chi connectivity index (χ4v) is 3.86. The van der Waals surface area contributed by atoms with E-state index in [9.17, 15) is 9.90 Å². The number of fused-ring (bicyclic) bond motifs is 3. The Hall–Kier alpha value is -1.55. The molecule has 2 saturated heterocycles. The largest absolute Gasteiger partial charge is 0.504 e. The Kier molecular flexibility index (Phi) is 3.42. The van der Waals surface area contributed by atoms with E-state index in [1.54, 1.807) is 19.2 Å². The van der Waals surface area contributed by atoms with E-state index in [-0.39, 0.29) is 17.7 Å². The van der Waals surface area contributed by atoms with Crippen LogP contribution in [0.3, 0.4) is 0 Å². The Labute approximate surface area is 119 Å². The van der Waals surface area contributed by atoms with Gasteiger partial charge in [0.1, 0.15) is 5.78 Å². The van der Waals surface area contributed by atoms with E-state index >= 15 is 0 Å². The molecule has 4 nitrogen and oxygen atoms in total. The van der Waals surface area contributed by atoms with Crippen LogP contribution in [0, 0.1) is 5.92 Å². The van der Waals surface area contributed by atoms with Crippen molar-refractivity contribution in [3.63, 3.8) is 0 Å². The highest BCUT2D eigenvalue weighted by Gasteiger charge is 2.46. The second kappa shape index (κ2) is 5.09. The summed E-state index contributed by atoms with van der Waals surface area (Å²) in [5.41, 5.74) is 1.02. The number of ether oxygens (including phenoxy) is 1. The van der Waals surface area contributed by atoms with Crippen LogP contribution in [0.5, 0.6) is 11.5 Å². The van der Waals surface area contributed by atoms with Crippen LogP contribution in [-0.4, -0.2) is 35.5 Å². The standard InChI is InChI=1S/C16H21NO3/c1-3-17-11-5-6-12(13(18)9-11)16(17)10-4-7-15(20-2)14(19)8-10/h4,7-8,11-12,16,19H,3,5-6,9H2,1-2H3. The molecule has 1 aromatic rings. The van der Waals surface area contributed by atoms with Crippen LogP contribution in [0.25, 0.3) is 0 Å². The number of nitrogens with zero attached hydrogens (tertiary/aromatic N) is 1. The highest BCUT2D eigenvalue weighted by Crippen LogP contribution is 2.46. The highest BCUT2D eigenvalue weighted by atomic mass is 16.5. The van der Waals surface area contributed by atoms with Crippen LogP contribution in [0.1, 0.15) is 37.8 Å². The summed E-state index contributed by atoms with van der Waals surface area (Å²) >= 11 is 0. The van der Waals surface area contributed by atoms with Crippen molar-refractivity contribution < 1.29 is 14.6 Å². The number of rotatable bonds is 3. The van der Waals surface area contributed by atoms with E-state index in [1.165, 1.54) is 0 Å². The molecule has 2 bridgehead atoms. The molecular weight excluding hydrogens is 254 g/mol. The zero-order valence-electron chi connectivity index (χ0n) is 12.0. The third-order valence-corrected chi connectivity index (χ3v) is 4.78. The molecule has 108 valence electrons. The number of aromatic hydroxyl groups is 1. The lowest BCUT2D eigenvalue weighted by molar-refractivity contribution is -0.137. The molecule has 1 aromatic carbocycles. The van der Waals surface area contributed by atoms with Crippen molar-refractivity contribution in [2.45, 2.75) is 38.3 Å². The lowest BCUT2D eigenvalue weighted by atomic mass is 9.71. The first-order chi connectivity index (χ1) is 9.65. The summed E-state index contributed by atoms with van der Waals surface area (Å²) in [6.07, 6.45) is 2.78. The number of phenols is 1. The molecule has 3 aliphatic rings. The van der Waals surface area contributed by atoms with E-state index in [2.05, 4.69) is 11.8 Å². The zero-order valence-corrected chi connectivity index (χ0v) is 12.0. The average molecular weight is 275 g/mol. The summed E-state index contributed by atoms with van der Waals surface area (Å²) < 4.78 is 5.09. The van der Waals surface area contributed by atoms with Gasteiger partial charge in [-0.15, -0.1) is 0 Å². The quantitative estimate of drug-likeness (QED) is 0.921. The van der Waals surface area contributed by atoms with Crippen LogP contribution in [0.4, 0.5) is 0 Å². The minimum Gasteiger partial charge on any atom is -0.504 e. The number of methoxy groups -OCH3 is 1. The van der Waals surface area contributed by atoms with Crippen molar-refractivity contribution in [1.29, 1.82) is 0 Å². The van der Waals surface area contributed by atoms with E-state index in [0.717, 1.165) is 24.9 Å². The van der Waals surface area contributed by atoms with Crippen LogP contribution in [-0.2, 0) is 4.79 Å². The number of piperidine rings is 2. The number of benzene rings is 1. The van der Waals surface area contributed by atoms with Gasteiger partial charge in [-0.05, 0) is 37.1 Å². The van der Waals surface area contributed by atoms with Gasteiger partial charge < -0.3 is 9.84 Å². The summed E-state index contributed by atoms with van der Waals surface area (Å²) in [7, 11) is 1.54. The maximum absolute atomic E-state index is 12.2. The Morgan fingerprint density at radius 2 is 2.20 bits per heavy atom. The van der Waals surface area contributed by atoms with E-state index in [4.69, 9.17) is 4.74 Å². The molecule has 1 saturated carbocycles. The van der Waals surface area contributed by atoms with Crippen LogP contribution < -0.4 is 4.74 Å². The van der Waals surface area contributed by atoms with Gasteiger partial charge in [-0.3, -0.25) is 9.69 Å². The molecule has 20 heavy (non-hydrogen) atoms. The average Bonchev–Trinajstić information content (AvgIpc) is 2.46. The molecule has 3 atom stereocenters. The van der Waals surface area contributed by atoms with Gasteiger partial charge in [0.05, 0.1) is 7.11 Å². The molecule has 3 unspecified atom stereocenters. The number of Topliss-reactive ketones (excluding diaryl/α,β-unsaturated/α-hetero) is 1. The second-order valence-electron chi connectivity index (χ2n) is 5.71. The van der Waals surface area contributed by atoms with Gasteiger partial charge in [0.2, 0.25) is 0 Å².